The zero-order valence-corrected chi connectivity index (χ0v) is 25.4. The zero-order chi connectivity index (χ0) is 30.5. The zero-order valence-electron chi connectivity index (χ0n) is 24.6. The Balaban J connectivity index is 1.14. The fraction of sp³-hybridized carbons (Fsp3) is 0.0250. The number of nitrogens with one attached hydrogen (secondary N) is 1. The van der Waals surface area contributed by atoms with Crippen molar-refractivity contribution in [2.45, 2.75) is 6.17 Å². The lowest BCUT2D eigenvalue weighted by atomic mass is 10.0. The van der Waals surface area contributed by atoms with E-state index in [1.807, 2.05) is 72.8 Å². The molecule has 0 amide bonds. The summed E-state index contributed by atoms with van der Waals surface area (Å²) < 4.78 is 8.50. The van der Waals surface area contributed by atoms with Crippen molar-refractivity contribution in [3.8, 4) is 22.6 Å². The minimum absolute atomic E-state index is 0.378. The largest absolute Gasteiger partial charge is 0.436 e. The van der Waals surface area contributed by atoms with Crippen LogP contribution in [0.4, 0.5) is 0 Å². The number of fused-ring (bicyclic) bond motifs is 4. The minimum atomic E-state index is -0.378. The summed E-state index contributed by atoms with van der Waals surface area (Å²) in [6.45, 7) is 0. The van der Waals surface area contributed by atoms with E-state index in [2.05, 4.69) is 78.1 Å². The number of benzene rings is 6. The second-order valence-corrected chi connectivity index (χ2v) is 12.3. The van der Waals surface area contributed by atoms with Crippen LogP contribution in [0.1, 0.15) is 22.9 Å². The van der Waals surface area contributed by atoms with Crippen LogP contribution in [-0.2, 0) is 0 Å². The molecular weight excluding hydrogens is 585 g/mol. The van der Waals surface area contributed by atoms with Crippen molar-refractivity contribution in [2.24, 2.45) is 9.98 Å². The van der Waals surface area contributed by atoms with Gasteiger partial charge in [-0.25, -0.2) is 15.0 Å². The van der Waals surface area contributed by atoms with Crippen molar-refractivity contribution >= 4 is 54.3 Å². The summed E-state index contributed by atoms with van der Waals surface area (Å²) in [6.07, 6.45) is -0.378. The van der Waals surface area contributed by atoms with E-state index in [-0.39, 0.29) is 6.17 Å². The third-order valence-electron chi connectivity index (χ3n) is 8.38. The fourth-order valence-corrected chi connectivity index (χ4v) is 7.30. The number of amidine groups is 2. The molecule has 0 aliphatic carbocycles. The van der Waals surface area contributed by atoms with Gasteiger partial charge in [0.2, 0.25) is 5.89 Å². The molecule has 0 radical (unpaired) electrons. The molecule has 0 bridgehead atoms. The number of hydrogen-bond donors (Lipinski definition) is 1. The number of aromatic nitrogens is 1. The van der Waals surface area contributed by atoms with Gasteiger partial charge in [-0.3, -0.25) is 0 Å². The number of hydrogen-bond acceptors (Lipinski definition) is 6. The molecule has 0 unspecified atom stereocenters. The Labute approximate surface area is 269 Å². The summed E-state index contributed by atoms with van der Waals surface area (Å²) in [5.74, 6) is 2.27. The molecule has 5 nitrogen and oxygen atoms in total. The molecule has 0 saturated carbocycles. The Bertz CT molecular complexity index is 2390. The maximum absolute atomic E-state index is 6.07. The van der Waals surface area contributed by atoms with Crippen LogP contribution in [0.15, 0.2) is 160 Å². The van der Waals surface area contributed by atoms with E-state index in [9.17, 15) is 0 Å². The number of nitrogens with zero attached hydrogens (tertiary/aromatic N) is 3. The van der Waals surface area contributed by atoms with Gasteiger partial charge in [0.15, 0.2) is 11.7 Å². The Morgan fingerprint density at radius 1 is 0.543 bits per heavy atom. The molecule has 8 aromatic rings. The normalized spacial score (nSPS) is 13.6. The van der Waals surface area contributed by atoms with Crippen LogP contribution in [0, 0.1) is 0 Å². The highest BCUT2D eigenvalue weighted by atomic mass is 32.1. The van der Waals surface area contributed by atoms with Gasteiger partial charge in [-0.05, 0) is 47.5 Å². The first-order valence-corrected chi connectivity index (χ1v) is 16.0. The molecule has 0 spiro atoms. The standard InChI is InChI=1S/C40H26N4OS/c1-4-11-25(12-5-1)37-42-38(26-13-6-2-7-14-26)44-39(43-37)31-18-10-17-30-32-23-28(20-22-35(32)46-36(30)31)29-19-21-34-33(24-29)41-40(45-34)27-15-8-3-9-16-27/h1-24,39H,(H,42,43,44). The van der Waals surface area contributed by atoms with Crippen LogP contribution in [0.5, 0.6) is 0 Å². The summed E-state index contributed by atoms with van der Waals surface area (Å²) in [6, 6.07) is 50.0. The third kappa shape index (κ3) is 4.67. The lowest BCUT2D eigenvalue weighted by Crippen LogP contribution is -2.36. The SMILES string of the molecule is c1ccc(C2=NC(c3cccc4c3sc3ccc(-c5ccc6oc(-c7ccccc7)nc6c5)cc34)N=C(c3ccccc3)N2)cc1. The second-order valence-electron chi connectivity index (χ2n) is 11.3. The van der Waals surface area contributed by atoms with Crippen LogP contribution in [0.25, 0.3) is 53.9 Å². The predicted molar refractivity (Wildman–Crippen MR) is 190 cm³/mol. The molecule has 1 aliphatic heterocycles. The van der Waals surface area contributed by atoms with Crippen LogP contribution >= 0.6 is 11.3 Å². The molecular formula is C40H26N4OS. The summed E-state index contributed by atoms with van der Waals surface area (Å²) >= 11 is 1.80. The van der Waals surface area contributed by atoms with Gasteiger partial charge in [0, 0.05) is 42.4 Å². The smallest absolute Gasteiger partial charge is 0.227 e. The van der Waals surface area contributed by atoms with E-state index in [1.54, 1.807) is 11.3 Å². The molecule has 0 saturated heterocycles. The predicted octanol–water partition coefficient (Wildman–Crippen LogP) is 10.0. The fourth-order valence-electron chi connectivity index (χ4n) is 6.09. The highest BCUT2D eigenvalue weighted by Crippen LogP contribution is 2.41. The van der Waals surface area contributed by atoms with E-state index < -0.39 is 0 Å². The van der Waals surface area contributed by atoms with Gasteiger partial charge >= 0.3 is 0 Å². The molecule has 9 rings (SSSR count). The first-order chi connectivity index (χ1) is 22.8. The number of thiophene rings is 1. The summed E-state index contributed by atoms with van der Waals surface area (Å²) in [4.78, 5) is 15.1. The van der Waals surface area contributed by atoms with Gasteiger partial charge < -0.3 is 9.73 Å². The van der Waals surface area contributed by atoms with E-state index in [4.69, 9.17) is 19.4 Å². The van der Waals surface area contributed by atoms with Crippen molar-refractivity contribution in [3.63, 3.8) is 0 Å². The van der Waals surface area contributed by atoms with Crippen LogP contribution < -0.4 is 5.32 Å². The molecule has 46 heavy (non-hydrogen) atoms. The summed E-state index contributed by atoms with van der Waals surface area (Å²) in [5.41, 5.74) is 8.00. The Hall–Kier alpha value is -5.85. The van der Waals surface area contributed by atoms with Crippen molar-refractivity contribution in [1.29, 1.82) is 0 Å². The van der Waals surface area contributed by atoms with Gasteiger partial charge in [0.25, 0.3) is 0 Å². The second kappa shape index (κ2) is 10.9. The Kier molecular flexibility index (Phi) is 6.32. The quantitative estimate of drug-likeness (QED) is 0.211. The van der Waals surface area contributed by atoms with Crippen molar-refractivity contribution in [3.05, 3.63) is 162 Å². The highest BCUT2D eigenvalue weighted by Gasteiger charge is 2.23. The number of rotatable bonds is 5. The molecule has 1 N–H and O–H groups in total. The first-order valence-electron chi connectivity index (χ1n) is 15.2. The van der Waals surface area contributed by atoms with Crippen LogP contribution in [-0.4, -0.2) is 16.7 Å². The topological polar surface area (TPSA) is 62.8 Å². The van der Waals surface area contributed by atoms with E-state index in [0.29, 0.717) is 5.89 Å². The summed E-state index contributed by atoms with van der Waals surface area (Å²) in [5, 5.41) is 5.93. The molecule has 0 atom stereocenters. The minimum Gasteiger partial charge on any atom is -0.436 e. The maximum Gasteiger partial charge on any atom is 0.227 e. The molecule has 6 aromatic carbocycles. The first kappa shape index (κ1) is 26.5. The van der Waals surface area contributed by atoms with Gasteiger partial charge in [-0.1, -0.05) is 109 Å². The lowest BCUT2D eigenvalue weighted by molar-refractivity contribution is 0.620. The summed E-state index contributed by atoms with van der Waals surface area (Å²) in [7, 11) is 0. The van der Waals surface area contributed by atoms with Crippen molar-refractivity contribution in [2.75, 3.05) is 0 Å². The van der Waals surface area contributed by atoms with Gasteiger partial charge in [-0.15, -0.1) is 11.3 Å². The van der Waals surface area contributed by atoms with Gasteiger partial charge in [0.1, 0.15) is 17.2 Å². The number of oxazole rings is 1. The van der Waals surface area contributed by atoms with Gasteiger partial charge in [-0.2, -0.15) is 0 Å². The third-order valence-corrected chi connectivity index (χ3v) is 9.62. The molecule has 2 aromatic heterocycles. The van der Waals surface area contributed by atoms with Crippen LogP contribution in [0.3, 0.4) is 0 Å². The molecule has 218 valence electrons. The average molecular weight is 611 g/mol. The Morgan fingerprint density at radius 3 is 1.87 bits per heavy atom. The molecule has 6 heteroatoms. The van der Waals surface area contributed by atoms with Crippen molar-refractivity contribution < 1.29 is 4.42 Å². The van der Waals surface area contributed by atoms with Crippen LogP contribution in [0.2, 0.25) is 0 Å². The van der Waals surface area contributed by atoms with E-state index >= 15 is 0 Å². The number of aliphatic imine (C=N–C) groups is 2. The molecule has 3 heterocycles. The Morgan fingerprint density at radius 2 is 1.17 bits per heavy atom. The molecule has 1 aliphatic rings. The highest BCUT2D eigenvalue weighted by molar-refractivity contribution is 7.26. The maximum atomic E-state index is 6.07. The van der Waals surface area contributed by atoms with E-state index in [0.717, 1.165) is 56.2 Å². The van der Waals surface area contributed by atoms with Gasteiger partial charge in [0.05, 0.1) is 0 Å². The van der Waals surface area contributed by atoms with Crippen molar-refractivity contribution in [1.82, 2.24) is 10.3 Å². The van der Waals surface area contributed by atoms with E-state index in [1.165, 1.54) is 20.2 Å². The molecule has 0 fully saturated rings. The average Bonchev–Trinajstić information content (AvgIpc) is 3.74. The monoisotopic (exact) mass is 610 g/mol. The lowest BCUT2D eigenvalue weighted by Gasteiger charge is -2.22.